The molecule has 3 rings (SSSR count). The number of alkyl halides is 3. The lowest BCUT2D eigenvalue weighted by Gasteiger charge is -2.37. The highest BCUT2D eigenvalue weighted by molar-refractivity contribution is 5.76. The van der Waals surface area contributed by atoms with Crippen molar-refractivity contribution in [1.82, 2.24) is 9.80 Å². The number of likely N-dealkylation sites (tertiary alicyclic amines) is 1. The van der Waals surface area contributed by atoms with Gasteiger partial charge in [0.1, 0.15) is 0 Å². The minimum atomic E-state index is -4.33. The second-order valence-electron chi connectivity index (χ2n) is 7.71. The zero-order valence-electron chi connectivity index (χ0n) is 15.8. The summed E-state index contributed by atoms with van der Waals surface area (Å²) in [6, 6.07) is 5.42. The number of nitrogens with zero attached hydrogens (tertiary/aromatic N) is 3. The molecular weight excluding hydrogens is 355 g/mol. The summed E-state index contributed by atoms with van der Waals surface area (Å²) >= 11 is 0. The van der Waals surface area contributed by atoms with Gasteiger partial charge >= 0.3 is 6.18 Å². The maximum Gasteiger partial charge on any atom is 0.416 e. The van der Waals surface area contributed by atoms with E-state index in [-0.39, 0.29) is 5.91 Å². The van der Waals surface area contributed by atoms with Gasteiger partial charge in [0.15, 0.2) is 0 Å². The molecule has 0 bridgehead atoms. The van der Waals surface area contributed by atoms with Gasteiger partial charge in [-0.05, 0) is 43.5 Å². The molecule has 1 amide bonds. The lowest BCUT2D eigenvalue weighted by atomic mass is 10.0. The number of hydrogen-bond acceptors (Lipinski definition) is 3. The van der Waals surface area contributed by atoms with E-state index in [2.05, 4.69) is 11.8 Å². The van der Waals surface area contributed by atoms with Gasteiger partial charge in [-0.25, -0.2) is 0 Å². The number of piperazine rings is 1. The monoisotopic (exact) mass is 383 g/mol. The molecular formula is C20H28F3N3O. The molecule has 1 atom stereocenters. The van der Waals surface area contributed by atoms with Crippen LogP contribution < -0.4 is 4.90 Å². The first-order valence-corrected chi connectivity index (χ1v) is 9.75. The van der Waals surface area contributed by atoms with Gasteiger partial charge in [0.25, 0.3) is 0 Å². The first-order chi connectivity index (χ1) is 12.8. The van der Waals surface area contributed by atoms with Gasteiger partial charge in [-0.2, -0.15) is 13.2 Å². The standard InChI is InChI=1S/C20H28F3N3O/c1-16-4-3-8-24(15-16)9-7-19(27)26-12-10-25(11-13-26)18-6-2-5-17(14-18)20(21,22)23/h2,5-6,14,16H,3-4,7-13,15H2,1H3/t16-/m1/s1. The summed E-state index contributed by atoms with van der Waals surface area (Å²) in [4.78, 5) is 18.6. The Kier molecular flexibility index (Phi) is 6.29. The second-order valence-corrected chi connectivity index (χ2v) is 7.71. The molecule has 0 aromatic heterocycles. The van der Waals surface area contributed by atoms with E-state index < -0.39 is 11.7 Å². The fraction of sp³-hybridized carbons (Fsp3) is 0.650. The molecule has 27 heavy (non-hydrogen) atoms. The summed E-state index contributed by atoms with van der Waals surface area (Å²) in [5, 5.41) is 0. The molecule has 2 aliphatic heterocycles. The molecule has 0 saturated carbocycles. The summed E-state index contributed by atoms with van der Waals surface area (Å²) in [5.74, 6) is 0.849. The van der Waals surface area contributed by atoms with Crippen molar-refractivity contribution in [2.24, 2.45) is 5.92 Å². The quantitative estimate of drug-likeness (QED) is 0.797. The number of halogens is 3. The van der Waals surface area contributed by atoms with Gasteiger partial charge in [-0.15, -0.1) is 0 Å². The van der Waals surface area contributed by atoms with Crippen LogP contribution in [0.5, 0.6) is 0 Å². The molecule has 0 aliphatic carbocycles. The van der Waals surface area contributed by atoms with Crippen molar-refractivity contribution in [3.63, 3.8) is 0 Å². The summed E-state index contributed by atoms with van der Waals surface area (Å²) in [6.45, 7) is 7.44. The highest BCUT2D eigenvalue weighted by atomic mass is 19.4. The SMILES string of the molecule is C[C@@H]1CCCN(CCC(=O)N2CCN(c3cccc(C(F)(F)F)c3)CC2)C1. The van der Waals surface area contributed by atoms with E-state index in [4.69, 9.17) is 0 Å². The summed E-state index contributed by atoms with van der Waals surface area (Å²) in [5.41, 5.74) is -0.0616. The van der Waals surface area contributed by atoms with Crippen molar-refractivity contribution in [3.05, 3.63) is 29.8 Å². The van der Waals surface area contributed by atoms with Gasteiger partial charge < -0.3 is 14.7 Å². The first kappa shape index (κ1) is 20.0. The predicted octanol–water partition coefficient (Wildman–Crippen LogP) is 3.48. The third-order valence-corrected chi connectivity index (χ3v) is 5.55. The number of anilines is 1. The smallest absolute Gasteiger partial charge is 0.368 e. The minimum Gasteiger partial charge on any atom is -0.368 e. The summed E-state index contributed by atoms with van der Waals surface area (Å²) in [6.07, 6.45) is -1.34. The molecule has 7 heteroatoms. The molecule has 2 saturated heterocycles. The Hall–Kier alpha value is -1.76. The van der Waals surface area contributed by atoms with Gasteiger partial charge in [-0.3, -0.25) is 4.79 Å². The second kappa shape index (κ2) is 8.50. The fourth-order valence-corrected chi connectivity index (χ4v) is 3.99. The van der Waals surface area contributed by atoms with Crippen molar-refractivity contribution < 1.29 is 18.0 Å². The maximum absolute atomic E-state index is 12.9. The van der Waals surface area contributed by atoms with Crippen LogP contribution in [0.15, 0.2) is 24.3 Å². The van der Waals surface area contributed by atoms with Crippen LogP contribution in [-0.2, 0) is 11.0 Å². The number of amides is 1. The van der Waals surface area contributed by atoms with E-state index >= 15 is 0 Å². The zero-order chi connectivity index (χ0) is 19.4. The van der Waals surface area contributed by atoms with Crippen LogP contribution >= 0.6 is 0 Å². The zero-order valence-corrected chi connectivity index (χ0v) is 15.8. The maximum atomic E-state index is 12.9. The number of carbonyl (C=O) groups is 1. The average Bonchev–Trinajstić information content (AvgIpc) is 2.66. The average molecular weight is 383 g/mol. The number of piperidine rings is 1. The van der Waals surface area contributed by atoms with Crippen molar-refractivity contribution in [2.45, 2.75) is 32.4 Å². The van der Waals surface area contributed by atoms with E-state index in [0.717, 1.165) is 25.7 Å². The Labute approximate surface area is 158 Å². The Bertz CT molecular complexity index is 642. The van der Waals surface area contributed by atoms with Crippen molar-refractivity contribution in [2.75, 3.05) is 50.7 Å². The van der Waals surface area contributed by atoms with Crippen LogP contribution in [0.3, 0.4) is 0 Å². The molecule has 4 nitrogen and oxygen atoms in total. The Balaban J connectivity index is 1.48. The third-order valence-electron chi connectivity index (χ3n) is 5.55. The molecule has 1 aromatic rings. The van der Waals surface area contributed by atoms with Crippen LogP contribution in [0.25, 0.3) is 0 Å². The first-order valence-electron chi connectivity index (χ1n) is 9.75. The van der Waals surface area contributed by atoms with E-state index in [1.807, 2.05) is 9.80 Å². The molecule has 2 fully saturated rings. The number of benzene rings is 1. The van der Waals surface area contributed by atoms with Crippen molar-refractivity contribution >= 4 is 11.6 Å². The van der Waals surface area contributed by atoms with Crippen molar-refractivity contribution in [1.29, 1.82) is 0 Å². The fourth-order valence-electron chi connectivity index (χ4n) is 3.99. The van der Waals surface area contributed by atoms with Crippen LogP contribution in [-0.4, -0.2) is 61.5 Å². The van der Waals surface area contributed by atoms with E-state index in [1.165, 1.54) is 25.0 Å². The molecule has 1 aromatic carbocycles. The third kappa shape index (κ3) is 5.37. The summed E-state index contributed by atoms with van der Waals surface area (Å²) in [7, 11) is 0. The molecule has 0 unspecified atom stereocenters. The Morgan fingerprint density at radius 1 is 1.15 bits per heavy atom. The van der Waals surface area contributed by atoms with Crippen LogP contribution in [0, 0.1) is 5.92 Å². The largest absolute Gasteiger partial charge is 0.416 e. The lowest BCUT2D eigenvalue weighted by molar-refractivity contribution is -0.137. The Morgan fingerprint density at radius 3 is 2.56 bits per heavy atom. The molecule has 0 N–H and O–H groups in total. The van der Waals surface area contributed by atoms with E-state index in [9.17, 15) is 18.0 Å². The number of rotatable bonds is 4. The van der Waals surface area contributed by atoms with E-state index in [1.54, 1.807) is 6.07 Å². The van der Waals surface area contributed by atoms with Gasteiger partial charge in [-0.1, -0.05) is 13.0 Å². The molecule has 0 spiro atoms. The molecule has 0 radical (unpaired) electrons. The minimum absolute atomic E-state index is 0.150. The topological polar surface area (TPSA) is 26.8 Å². The van der Waals surface area contributed by atoms with Crippen LogP contribution in [0.4, 0.5) is 18.9 Å². The molecule has 2 heterocycles. The van der Waals surface area contributed by atoms with Gasteiger partial charge in [0.2, 0.25) is 5.91 Å². The van der Waals surface area contributed by atoms with Gasteiger partial charge in [0, 0.05) is 51.4 Å². The van der Waals surface area contributed by atoms with Crippen LogP contribution in [0.1, 0.15) is 31.7 Å². The Morgan fingerprint density at radius 2 is 1.89 bits per heavy atom. The summed E-state index contributed by atoms with van der Waals surface area (Å²) < 4.78 is 38.7. The van der Waals surface area contributed by atoms with E-state index in [0.29, 0.717) is 44.2 Å². The lowest BCUT2D eigenvalue weighted by Crippen LogP contribution is -2.49. The number of carbonyl (C=O) groups excluding carboxylic acids is 1. The normalized spacial score (nSPS) is 22.1. The van der Waals surface area contributed by atoms with Crippen molar-refractivity contribution in [3.8, 4) is 0 Å². The predicted molar refractivity (Wildman–Crippen MR) is 99.7 cm³/mol. The highest BCUT2D eigenvalue weighted by Crippen LogP contribution is 2.31. The highest BCUT2D eigenvalue weighted by Gasteiger charge is 2.31. The van der Waals surface area contributed by atoms with Crippen LogP contribution in [0.2, 0.25) is 0 Å². The number of hydrogen-bond donors (Lipinski definition) is 0. The van der Waals surface area contributed by atoms with Gasteiger partial charge in [0.05, 0.1) is 5.56 Å². The molecule has 150 valence electrons. The molecule has 2 aliphatic rings.